The monoisotopic (exact) mass is 291 g/mol. The van der Waals surface area contributed by atoms with E-state index in [1.807, 2.05) is 0 Å². The largest absolute Gasteiger partial charge is 0.388 e. The first kappa shape index (κ1) is 15.3. The van der Waals surface area contributed by atoms with Crippen molar-refractivity contribution in [2.24, 2.45) is 5.92 Å². The summed E-state index contributed by atoms with van der Waals surface area (Å²) in [6.45, 7) is 3.52. The molecular weight excluding hydrogens is 270 g/mol. The number of carbonyl (C=O) groups excluding carboxylic acids is 1. The third-order valence-corrected chi connectivity index (χ3v) is 4.02. The second-order valence-corrected chi connectivity index (χ2v) is 5.57. The molecule has 1 heterocycles. The van der Waals surface area contributed by atoms with Crippen molar-refractivity contribution in [3.63, 3.8) is 0 Å². The topological polar surface area (TPSA) is 75.5 Å². The third kappa shape index (κ3) is 3.51. The van der Waals surface area contributed by atoms with Gasteiger partial charge in [-0.05, 0) is 37.3 Å². The van der Waals surface area contributed by atoms with Crippen molar-refractivity contribution < 1.29 is 9.72 Å². The van der Waals surface area contributed by atoms with Gasteiger partial charge in [0, 0.05) is 31.9 Å². The van der Waals surface area contributed by atoms with E-state index in [0.29, 0.717) is 24.7 Å². The molecule has 1 saturated heterocycles. The first-order chi connectivity index (χ1) is 10.0. The zero-order valence-electron chi connectivity index (χ0n) is 12.5. The standard InChI is InChI=1S/C15H21N3O3/c1-11-4-3-8-17(9-7-11)15(19)13-10-12(16-2)5-6-14(13)18(20)21/h5-6,10-11,16H,3-4,7-9H2,1-2H3. The predicted octanol–water partition coefficient (Wildman–Crippen LogP) is 2.90. The Kier molecular flexibility index (Phi) is 4.77. The molecule has 6 nitrogen and oxygen atoms in total. The SMILES string of the molecule is CNc1ccc([N+](=O)[O-])c(C(=O)N2CCCC(C)CC2)c1. The van der Waals surface area contributed by atoms with Gasteiger partial charge in [-0.2, -0.15) is 0 Å². The van der Waals surface area contributed by atoms with Crippen LogP contribution in [0.4, 0.5) is 11.4 Å². The maximum atomic E-state index is 12.6. The summed E-state index contributed by atoms with van der Waals surface area (Å²) in [4.78, 5) is 25.0. The molecule has 1 fully saturated rings. The van der Waals surface area contributed by atoms with Crippen molar-refractivity contribution in [1.29, 1.82) is 0 Å². The summed E-state index contributed by atoms with van der Waals surface area (Å²) in [5.41, 5.74) is 0.741. The number of nitro benzene ring substituents is 1. The number of likely N-dealkylation sites (tertiary alicyclic amines) is 1. The van der Waals surface area contributed by atoms with E-state index in [9.17, 15) is 14.9 Å². The van der Waals surface area contributed by atoms with Crippen molar-refractivity contribution >= 4 is 17.3 Å². The molecule has 0 aliphatic carbocycles. The second-order valence-electron chi connectivity index (χ2n) is 5.57. The van der Waals surface area contributed by atoms with Crippen LogP contribution in [0.2, 0.25) is 0 Å². The first-order valence-electron chi connectivity index (χ1n) is 7.28. The molecule has 1 aromatic carbocycles. The molecule has 1 aliphatic heterocycles. The number of nitrogens with one attached hydrogen (secondary N) is 1. The first-order valence-corrected chi connectivity index (χ1v) is 7.28. The van der Waals surface area contributed by atoms with Gasteiger partial charge in [0.15, 0.2) is 0 Å². The van der Waals surface area contributed by atoms with E-state index in [1.54, 1.807) is 24.1 Å². The van der Waals surface area contributed by atoms with Gasteiger partial charge >= 0.3 is 0 Å². The summed E-state index contributed by atoms with van der Waals surface area (Å²) < 4.78 is 0. The molecule has 21 heavy (non-hydrogen) atoms. The summed E-state index contributed by atoms with van der Waals surface area (Å²) >= 11 is 0. The second kappa shape index (κ2) is 6.56. The summed E-state index contributed by atoms with van der Waals surface area (Å²) in [6.07, 6.45) is 3.00. The summed E-state index contributed by atoms with van der Waals surface area (Å²) in [5, 5.41) is 14.1. The fourth-order valence-electron chi connectivity index (χ4n) is 2.66. The minimum Gasteiger partial charge on any atom is -0.388 e. The number of hydrogen-bond acceptors (Lipinski definition) is 4. The van der Waals surface area contributed by atoms with Crippen molar-refractivity contribution in [1.82, 2.24) is 4.90 Å². The van der Waals surface area contributed by atoms with Gasteiger partial charge < -0.3 is 10.2 Å². The van der Waals surface area contributed by atoms with Gasteiger partial charge in [0.25, 0.3) is 11.6 Å². The minimum atomic E-state index is -0.493. The number of anilines is 1. The molecule has 1 aliphatic rings. The number of benzene rings is 1. The van der Waals surface area contributed by atoms with Crippen LogP contribution in [0.15, 0.2) is 18.2 Å². The number of nitrogens with zero attached hydrogens (tertiary/aromatic N) is 2. The van der Waals surface area contributed by atoms with Gasteiger partial charge in [-0.15, -0.1) is 0 Å². The Morgan fingerprint density at radius 1 is 1.38 bits per heavy atom. The van der Waals surface area contributed by atoms with Gasteiger partial charge in [-0.3, -0.25) is 14.9 Å². The molecule has 1 atom stereocenters. The van der Waals surface area contributed by atoms with Crippen molar-refractivity contribution in [3.05, 3.63) is 33.9 Å². The smallest absolute Gasteiger partial charge is 0.282 e. The van der Waals surface area contributed by atoms with E-state index in [-0.39, 0.29) is 17.2 Å². The number of amides is 1. The van der Waals surface area contributed by atoms with Crippen LogP contribution in [-0.4, -0.2) is 35.9 Å². The molecule has 6 heteroatoms. The number of nitro groups is 1. The molecular formula is C15H21N3O3. The lowest BCUT2D eigenvalue weighted by molar-refractivity contribution is -0.385. The van der Waals surface area contributed by atoms with Crippen LogP contribution in [0.25, 0.3) is 0 Å². The Hall–Kier alpha value is -2.11. The maximum absolute atomic E-state index is 12.6. The summed E-state index contributed by atoms with van der Waals surface area (Å²) in [5.74, 6) is 0.356. The predicted molar refractivity (Wildman–Crippen MR) is 81.6 cm³/mol. The van der Waals surface area contributed by atoms with Crippen molar-refractivity contribution in [2.75, 3.05) is 25.5 Å². The van der Waals surface area contributed by atoms with Crippen LogP contribution in [0.1, 0.15) is 36.5 Å². The highest BCUT2D eigenvalue weighted by Gasteiger charge is 2.26. The molecule has 1 amide bonds. The van der Waals surface area contributed by atoms with Crippen LogP contribution in [0, 0.1) is 16.0 Å². The highest BCUT2D eigenvalue weighted by molar-refractivity contribution is 5.99. The van der Waals surface area contributed by atoms with Crippen LogP contribution >= 0.6 is 0 Å². The maximum Gasteiger partial charge on any atom is 0.282 e. The highest BCUT2D eigenvalue weighted by Crippen LogP contribution is 2.26. The molecule has 0 aromatic heterocycles. The van der Waals surface area contributed by atoms with Crippen molar-refractivity contribution in [2.45, 2.75) is 26.2 Å². The minimum absolute atomic E-state index is 0.128. The van der Waals surface area contributed by atoms with E-state index in [2.05, 4.69) is 12.2 Å². The van der Waals surface area contributed by atoms with Gasteiger partial charge in [-0.1, -0.05) is 6.92 Å². The fourth-order valence-corrected chi connectivity index (χ4v) is 2.66. The Morgan fingerprint density at radius 2 is 2.14 bits per heavy atom. The van der Waals surface area contributed by atoms with Gasteiger partial charge in [0.2, 0.25) is 0 Å². The normalized spacial score (nSPS) is 19.0. The number of carbonyl (C=O) groups is 1. The lowest BCUT2D eigenvalue weighted by Crippen LogP contribution is -2.32. The van der Waals surface area contributed by atoms with E-state index in [1.165, 1.54) is 6.07 Å². The molecule has 114 valence electrons. The molecule has 0 saturated carbocycles. The van der Waals surface area contributed by atoms with Crippen LogP contribution in [0.5, 0.6) is 0 Å². The van der Waals surface area contributed by atoms with E-state index in [0.717, 1.165) is 19.3 Å². The molecule has 0 spiro atoms. The summed E-state index contributed by atoms with van der Waals surface area (Å²) in [6, 6.07) is 4.56. The lowest BCUT2D eigenvalue weighted by atomic mass is 10.0. The zero-order chi connectivity index (χ0) is 15.4. The van der Waals surface area contributed by atoms with Crippen LogP contribution < -0.4 is 5.32 Å². The zero-order valence-corrected chi connectivity index (χ0v) is 12.5. The Bertz CT molecular complexity index is 545. The van der Waals surface area contributed by atoms with E-state index < -0.39 is 4.92 Å². The molecule has 1 aromatic rings. The summed E-state index contributed by atoms with van der Waals surface area (Å²) in [7, 11) is 1.73. The lowest BCUT2D eigenvalue weighted by Gasteiger charge is -2.20. The molecule has 0 radical (unpaired) electrons. The van der Waals surface area contributed by atoms with E-state index in [4.69, 9.17) is 0 Å². The number of rotatable bonds is 3. The van der Waals surface area contributed by atoms with Crippen LogP contribution in [0.3, 0.4) is 0 Å². The molecule has 1 N–H and O–H groups in total. The average Bonchev–Trinajstić information content (AvgIpc) is 2.70. The molecule has 2 rings (SSSR count). The van der Waals surface area contributed by atoms with Gasteiger partial charge in [0.05, 0.1) is 4.92 Å². The van der Waals surface area contributed by atoms with E-state index >= 15 is 0 Å². The van der Waals surface area contributed by atoms with Crippen molar-refractivity contribution in [3.8, 4) is 0 Å². The Balaban J connectivity index is 2.30. The Morgan fingerprint density at radius 3 is 2.81 bits per heavy atom. The molecule has 0 bridgehead atoms. The number of hydrogen-bond donors (Lipinski definition) is 1. The quantitative estimate of drug-likeness (QED) is 0.686. The molecule has 1 unspecified atom stereocenters. The highest BCUT2D eigenvalue weighted by atomic mass is 16.6. The third-order valence-electron chi connectivity index (χ3n) is 4.02. The van der Waals surface area contributed by atoms with Crippen LogP contribution in [-0.2, 0) is 0 Å². The van der Waals surface area contributed by atoms with Gasteiger partial charge in [-0.25, -0.2) is 0 Å². The van der Waals surface area contributed by atoms with Gasteiger partial charge in [0.1, 0.15) is 5.56 Å². The Labute approximate surface area is 124 Å². The fraction of sp³-hybridized carbons (Fsp3) is 0.533. The average molecular weight is 291 g/mol.